The van der Waals surface area contributed by atoms with Crippen LogP contribution in [0.5, 0.6) is 0 Å². The van der Waals surface area contributed by atoms with Gasteiger partial charge in [-0.2, -0.15) is 10.4 Å². The smallest absolute Gasteiger partial charge is 0.189 e. The Bertz CT molecular complexity index is 1030. The van der Waals surface area contributed by atoms with Gasteiger partial charge in [-0.15, -0.1) is 0 Å². The third kappa shape index (κ3) is 3.32. The molecule has 0 aromatic carbocycles. The van der Waals surface area contributed by atoms with Crippen molar-refractivity contribution < 1.29 is 0 Å². The molecule has 0 bridgehead atoms. The van der Waals surface area contributed by atoms with Crippen LogP contribution in [0.15, 0.2) is 41.8 Å². The molecule has 8 heteroatoms. The molecule has 2 aromatic rings. The average molecular weight is 404 g/mol. The predicted molar refractivity (Wildman–Crippen MR) is 115 cm³/mol. The minimum atomic E-state index is 0.266. The highest BCUT2D eigenvalue weighted by Crippen LogP contribution is 2.41. The number of thiocarbonyl (C=S) groups is 1. The monoisotopic (exact) mass is 403 g/mol. The fraction of sp³-hybridized carbons (Fsp3) is 0.381. The fourth-order valence-electron chi connectivity index (χ4n) is 4.45. The predicted octanol–water partition coefficient (Wildman–Crippen LogP) is 2.09. The van der Waals surface area contributed by atoms with Gasteiger partial charge in [-0.1, -0.05) is 6.07 Å². The highest BCUT2D eigenvalue weighted by Gasteiger charge is 2.52. The first-order chi connectivity index (χ1) is 14.2. The number of hydrogen-bond donors (Lipinski definition) is 1. The molecule has 0 unspecified atom stereocenters. The lowest BCUT2D eigenvalue weighted by atomic mass is 9.73. The Morgan fingerprint density at radius 3 is 2.86 bits per heavy atom. The topological polar surface area (TPSA) is 80.4 Å². The van der Waals surface area contributed by atoms with Crippen LogP contribution in [-0.4, -0.2) is 51.9 Å². The van der Waals surface area contributed by atoms with E-state index in [4.69, 9.17) is 17.5 Å². The molecule has 2 fully saturated rings. The maximum atomic E-state index is 9.05. The van der Waals surface area contributed by atoms with Gasteiger partial charge in [0.05, 0.1) is 23.0 Å². The zero-order valence-electron chi connectivity index (χ0n) is 16.0. The van der Waals surface area contributed by atoms with E-state index in [1.165, 1.54) is 5.56 Å². The molecule has 0 saturated carbocycles. The Morgan fingerprint density at radius 2 is 2.03 bits per heavy atom. The van der Waals surface area contributed by atoms with Crippen molar-refractivity contribution in [1.82, 2.24) is 20.3 Å². The molecule has 2 saturated heterocycles. The average Bonchev–Trinajstić information content (AvgIpc) is 2.70. The van der Waals surface area contributed by atoms with E-state index in [1.807, 2.05) is 18.3 Å². The van der Waals surface area contributed by atoms with E-state index >= 15 is 0 Å². The van der Waals surface area contributed by atoms with Crippen LogP contribution in [0.3, 0.4) is 0 Å². The number of aromatic nitrogens is 2. The second-order valence-electron chi connectivity index (χ2n) is 8.07. The summed E-state index contributed by atoms with van der Waals surface area (Å²) in [7, 11) is 0. The summed E-state index contributed by atoms with van der Waals surface area (Å²) in [5, 5.41) is 14.3. The van der Waals surface area contributed by atoms with Crippen molar-refractivity contribution in [3.63, 3.8) is 0 Å². The first kappa shape index (κ1) is 18.0. The molecular formula is C21H21N7S. The van der Waals surface area contributed by atoms with Gasteiger partial charge in [0.15, 0.2) is 5.11 Å². The number of nitrogens with zero attached hydrogens (tertiary/aromatic N) is 6. The van der Waals surface area contributed by atoms with Gasteiger partial charge in [0.25, 0.3) is 0 Å². The molecule has 0 atom stereocenters. The molecule has 0 radical (unpaired) electrons. The molecule has 29 heavy (non-hydrogen) atoms. The number of fused-ring (bicyclic) bond motifs is 1. The maximum Gasteiger partial charge on any atom is 0.189 e. The second kappa shape index (κ2) is 7.08. The van der Waals surface area contributed by atoms with Gasteiger partial charge in [0.1, 0.15) is 5.82 Å². The number of anilines is 1. The molecule has 1 aliphatic carbocycles. The number of hydrazone groups is 1. The molecule has 5 rings (SSSR count). The van der Waals surface area contributed by atoms with Crippen LogP contribution in [-0.2, 0) is 6.42 Å². The lowest BCUT2D eigenvalue weighted by molar-refractivity contribution is 0.0283. The summed E-state index contributed by atoms with van der Waals surface area (Å²) in [6.07, 6.45) is 6.59. The van der Waals surface area contributed by atoms with Gasteiger partial charge in [0.2, 0.25) is 0 Å². The summed E-state index contributed by atoms with van der Waals surface area (Å²) >= 11 is 5.55. The summed E-state index contributed by atoms with van der Waals surface area (Å²) in [6.45, 7) is 3.74. The third-order valence-electron chi connectivity index (χ3n) is 5.90. The summed E-state index contributed by atoms with van der Waals surface area (Å²) in [5.41, 5.74) is 7.24. The van der Waals surface area contributed by atoms with E-state index in [1.54, 1.807) is 12.3 Å². The van der Waals surface area contributed by atoms with Crippen LogP contribution >= 0.6 is 12.2 Å². The quantitative estimate of drug-likeness (QED) is 0.607. The number of nitrogens with one attached hydrogen (secondary N) is 1. The molecule has 0 amide bonds. The van der Waals surface area contributed by atoms with E-state index in [0.717, 1.165) is 62.7 Å². The Kier molecular flexibility index (Phi) is 4.40. The van der Waals surface area contributed by atoms with Crippen LogP contribution in [0.1, 0.15) is 29.7 Å². The van der Waals surface area contributed by atoms with E-state index in [-0.39, 0.29) is 5.41 Å². The zero-order chi connectivity index (χ0) is 19.8. The minimum absolute atomic E-state index is 0.266. The van der Waals surface area contributed by atoms with Gasteiger partial charge >= 0.3 is 0 Å². The first-order valence-electron chi connectivity index (χ1n) is 9.83. The van der Waals surface area contributed by atoms with Crippen molar-refractivity contribution >= 4 is 28.9 Å². The number of aryl methyl sites for hydroxylation is 1. The number of rotatable bonds is 2. The van der Waals surface area contributed by atoms with Crippen molar-refractivity contribution in [2.45, 2.75) is 19.3 Å². The second-order valence-corrected chi connectivity index (χ2v) is 8.45. The number of hydrogen-bond acceptors (Lipinski definition) is 6. The van der Waals surface area contributed by atoms with Crippen LogP contribution < -0.4 is 10.3 Å². The van der Waals surface area contributed by atoms with E-state index in [9.17, 15) is 0 Å². The van der Waals surface area contributed by atoms with Crippen molar-refractivity contribution in [2.75, 3.05) is 31.1 Å². The highest BCUT2D eigenvalue weighted by atomic mass is 32.1. The van der Waals surface area contributed by atoms with Crippen molar-refractivity contribution in [2.24, 2.45) is 10.5 Å². The highest BCUT2D eigenvalue weighted by molar-refractivity contribution is 7.80. The number of pyridine rings is 2. The van der Waals surface area contributed by atoms with E-state index in [2.05, 4.69) is 42.4 Å². The zero-order valence-corrected chi connectivity index (χ0v) is 16.8. The molecule has 3 aliphatic rings. The lowest BCUT2D eigenvalue weighted by Crippen LogP contribution is -2.73. The lowest BCUT2D eigenvalue weighted by Gasteiger charge is -2.60. The van der Waals surface area contributed by atoms with Crippen LogP contribution in [0.25, 0.3) is 0 Å². The summed E-state index contributed by atoms with van der Waals surface area (Å²) in [4.78, 5) is 13.3. The Hall–Kier alpha value is -3.05. The van der Waals surface area contributed by atoms with Gasteiger partial charge in [0, 0.05) is 44.0 Å². The number of nitriles is 1. The summed E-state index contributed by atoms with van der Waals surface area (Å²) in [5.74, 6) is 0.878. The molecule has 7 nitrogen and oxygen atoms in total. The maximum absolute atomic E-state index is 9.05. The molecule has 146 valence electrons. The molecule has 1 spiro atoms. The van der Waals surface area contributed by atoms with Crippen molar-refractivity contribution in [3.8, 4) is 6.07 Å². The van der Waals surface area contributed by atoms with E-state index < -0.39 is 0 Å². The van der Waals surface area contributed by atoms with Crippen molar-refractivity contribution in [1.29, 1.82) is 5.26 Å². The minimum Gasteiger partial charge on any atom is -0.355 e. The number of likely N-dealkylation sites (tertiary alicyclic amines) is 1. The molecule has 1 N–H and O–H groups in total. The third-order valence-corrected chi connectivity index (χ3v) is 6.25. The van der Waals surface area contributed by atoms with Gasteiger partial charge in [-0.25, -0.2) is 4.98 Å². The standard InChI is InChI=1S/C21H21N7S/c22-10-15-6-8-23-18(9-15)27-11-21(12-27)13-28(14-21)20(29)26-25-17-5-1-3-16-4-2-7-24-19(16)17/h2,4,6-9H,1,3,5,11-14H2,(H,26,29)/b25-17+. The first-order valence-corrected chi connectivity index (χ1v) is 10.2. The summed E-state index contributed by atoms with van der Waals surface area (Å²) < 4.78 is 0. The van der Waals surface area contributed by atoms with Gasteiger partial charge in [-0.05, 0) is 55.2 Å². The Morgan fingerprint density at radius 1 is 1.17 bits per heavy atom. The molecule has 2 aliphatic heterocycles. The van der Waals surface area contributed by atoms with Crippen molar-refractivity contribution in [3.05, 3.63) is 53.5 Å². The van der Waals surface area contributed by atoms with Crippen LogP contribution in [0, 0.1) is 16.7 Å². The van der Waals surface area contributed by atoms with E-state index in [0.29, 0.717) is 10.7 Å². The van der Waals surface area contributed by atoms with Gasteiger partial charge in [-0.3, -0.25) is 10.4 Å². The molecule has 4 heterocycles. The van der Waals surface area contributed by atoms with Gasteiger partial charge < -0.3 is 9.80 Å². The fourth-order valence-corrected chi connectivity index (χ4v) is 4.63. The normalized spacial score (nSPS) is 20.4. The SMILES string of the molecule is N#Cc1ccnc(N2CC3(CN(C(=S)N/N=C4\CCCc5cccnc54)C3)C2)c1. The Labute approximate surface area is 175 Å². The largest absolute Gasteiger partial charge is 0.355 e. The molecular weight excluding hydrogens is 382 g/mol. The molecule has 2 aromatic heterocycles. The summed E-state index contributed by atoms with van der Waals surface area (Å²) in [6, 6.07) is 9.85. The van der Waals surface area contributed by atoms with Crippen LogP contribution in [0.2, 0.25) is 0 Å². The Balaban J connectivity index is 1.16. The van der Waals surface area contributed by atoms with Crippen LogP contribution in [0.4, 0.5) is 5.82 Å².